The number of carboxylic acids is 2. The van der Waals surface area contributed by atoms with E-state index in [0.29, 0.717) is 18.5 Å². The fourth-order valence-corrected chi connectivity index (χ4v) is 1.99. The number of aliphatic carboxylic acids is 2. The first-order valence-corrected chi connectivity index (χ1v) is 8.13. The van der Waals surface area contributed by atoms with Crippen LogP contribution >= 0.6 is 0 Å². The number of unbranched alkanes of at least 4 members (excludes halogenated alkanes) is 1. The summed E-state index contributed by atoms with van der Waals surface area (Å²) in [7, 11) is 0. The second kappa shape index (κ2) is 12.7. The van der Waals surface area contributed by atoms with Crippen molar-refractivity contribution in [3.63, 3.8) is 0 Å². The third kappa shape index (κ3) is 11.0. The monoisotopic (exact) mass is 369 g/mol. The maximum absolute atomic E-state index is 11.9. The molecule has 9 nitrogen and oxygen atoms in total. The van der Waals surface area contributed by atoms with Crippen molar-refractivity contribution in [2.24, 2.45) is 11.5 Å². The fourth-order valence-electron chi connectivity index (χ4n) is 1.99. The summed E-state index contributed by atoms with van der Waals surface area (Å²) in [5, 5.41) is 28.3. The Balaban J connectivity index is 0.00000141. The number of carboxylic acid groups (broad SMARTS) is 2. The van der Waals surface area contributed by atoms with Crippen molar-refractivity contribution in [3.05, 3.63) is 29.8 Å². The predicted octanol–water partition coefficient (Wildman–Crippen LogP) is 0.0513. The van der Waals surface area contributed by atoms with Gasteiger partial charge in [-0.3, -0.25) is 9.59 Å². The zero-order chi connectivity index (χ0) is 20.1. The molecule has 1 unspecified atom stereocenters. The van der Waals surface area contributed by atoms with Crippen LogP contribution in [0.4, 0.5) is 0 Å². The molecule has 0 aliphatic rings. The van der Waals surface area contributed by atoms with E-state index in [9.17, 15) is 19.8 Å². The number of hydrogen-bond donors (Lipinski definition) is 6. The van der Waals surface area contributed by atoms with Gasteiger partial charge in [0.05, 0.1) is 6.04 Å². The summed E-state index contributed by atoms with van der Waals surface area (Å²) in [5.41, 5.74) is 11.8. The molecule has 9 heteroatoms. The fraction of sp³-hybridized carbons (Fsp3) is 0.471. The van der Waals surface area contributed by atoms with Gasteiger partial charge >= 0.3 is 5.97 Å². The average Bonchev–Trinajstić information content (AvgIpc) is 2.55. The van der Waals surface area contributed by atoms with E-state index < -0.39 is 29.9 Å². The normalized spacial score (nSPS) is 12.3. The molecule has 2 atom stereocenters. The molecule has 1 aromatic rings. The van der Waals surface area contributed by atoms with Crippen LogP contribution < -0.4 is 16.8 Å². The first-order valence-electron chi connectivity index (χ1n) is 8.13. The van der Waals surface area contributed by atoms with Crippen LogP contribution in [0.3, 0.4) is 0 Å². The van der Waals surface area contributed by atoms with Crippen LogP contribution in [0.5, 0.6) is 5.75 Å². The van der Waals surface area contributed by atoms with Crippen LogP contribution in [0.25, 0.3) is 0 Å². The number of phenolic OH excluding ortho intramolecular Hbond substituents is 1. The first-order chi connectivity index (χ1) is 12.2. The molecule has 0 radical (unpaired) electrons. The maximum atomic E-state index is 11.9. The van der Waals surface area contributed by atoms with Gasteiger partial charge < -0.3 is 32.1 Å². The van der Waals surface area contributed by atoms with E-state index in [-0.39, 0.29) is 12.2 Å². The van der Waals surface area contributed by atoms with Crippen LogP contribution in [-0.4, -0.2) is 51.8 Å². The van der Waals surface area contributed by atoms with E-state index in [1.54, 1.807) is 12.1 Å². The second-order valence-corrected chi connectivity index (χ2v) is 5.68. The Hall–Kier alpha value is -2.65. The maximum Gasteiger partial charge on any atom is 0.326 e. The van der Waals surface area contributed by atoms with Gasteiger partial charge in [0.2, 0.25) is 5.91 Å². The Kier molecular flexibility index (Phi) is 11.4. The lowest BCUT2D eigenvalue weighted by Gasteiger charge is -2.18. The Bertz CT molecular complexity index is 572. The van der Waals surface area contributed by atoms with Gasteiger partial charge in [0.25, 0.3) is 5.97 Å². The number of aromatic hydroxyl groups is 1. The van der Waals surface area contributed by atoms with Gasteiger partial charge in [-0.25, -0.2) is 4.79 Å². The van der Waals surface area contributed by atoms with Gasteiger partial charge in [0.1, 0.15) is 11.8 Å². The highest BCUT2D eigenvalue weighted by molar-refractivity contribution is 5.86. The summed E-state index contributed by atoms with van der Waals surface area (Å²) in [6.07, 6.45) is 2.09. The van der Waals surface area contributed by atoms with E-state index in [0.717, 1.165) is 19.8 Å². The Morgan fingerprint density at radius 3 is 2.12 bits per heavy atom. The van der Waals surface area contributed by atoms with Crippen LogP contribution in [0.2, 0.25) is 0 Å². The average molecular weight is 369 g/mol. The first kappa shape index (κ1) is 23.4. The number of carbonyl (C=O) groups is 3. The molecule has 1 aromatic carbocycles. The molecule has 0 saturated carbocycles. The summed E-state index contributed by atoms with van der Waals surface area (Å²) in [4.78, 5) is 32.2. The lowest BCUT2D eigenvalue weighted by atomic mass is 10.0. The van der Waals surface area contributed by atoms with Gasteiger partial charge in [-0.2, -0.15) is 0 Å². The number of amides is 1. The van der Waals surface area contributed by atoms with Gasteiger partial charge in [0.15, 0.2) is 0 Å². The van der Waals surface area contributed by atoms with E-state index in [1.165, 1.54) is 12.1 Å². The zero-order valence-corrected chi connectivity index (χ0v) is 14.7. The van der Waals surface area contributed by atoms with Crippen molar-refractivity contribution in [3.8, 4) is 5.75 Å². The topological polar surface area (TPSA) is 176 Å². The van der Waals surface area contributed by atoms with Crippen molar-refractivity contribution >= 4 is 17.8 Å². The molecular formula is C17H27N3O6. The van der Waals surface area contributed by atoms with Gasteiger partial charge in [-0.1, -0.05) is 18.6 Å². The lowest BCUT2D eigenvalue weighted by Crippen LogP contribution is -2.49. The van der Waals surface area contributed by atoms with E-state index in [4.69, 9.17) is 21.4 Å². The van der Waals surface area contributed by atoms with Crippen molar-refractivity contribution < 1.29 is 29.7 Å². The number of hydrogen-bond acceptors (Lipinski definition) is 6. The number of benzene rings is 1. The van der Waals surface area contributed by atoms with Gasteiger partial charge in [0, 0.05) is 13.3 Å². The molecule has 0 heterocycles. The summed E-state index contributed by atoms with van der Waals surface area (Å²) >= 11 is 0. The minimum Gasteiger partial charge on any atom is -0.508 e. The molecule has 0 bridgehead atoms. The van der Waals surface area contributed by atoms with E-state index in [2.05, 4.69) is 5.32 Å². The molecule has 26 heavy (non-hydrogen) atoms. The number of carbonyl (C=O) groups excluding carboxylic acids is 1. The van der Waals surface area contributed by atoms with Crippen LogP contribution in [0.15, 0.2) is 24.3 Å². The molecule has 1 rings (SSSR count). The van der Waals surface area contributed by atoms with Crippen LogP contribution in [0, 0.1) is 0 Å². The Morgan fingerprint density at radius 1 is 1.12 bits per heavy atom. The largest absolute Gasteiger partial charge is 0.508 e. The Labute approximate surface area is 152 Å². The third-order valence-electron chi connectivity index (χ3n) is 3.30. The highest BCUT2D eigenvalue weighted by Crippen LogP contribution is 2.11. The molecule has 1 amide bonds. The van der Waals surface area contributed by atoms with Crippen molar-refractivity contribution in [1.82, 2.24) is 5.32 Å². The minimum absolute atomic E-state index is 0.0987. The van der Waals surface area contributed by atoms with Crippen LogP contribution in [0.1, 0.15) is 31.7 Å². The van der Waals surface area contributed by atoms with Crippen molar-refractivity contribution in [2.75, 3.05) is 6.54 Å². The number of phenols is 1. The van der Waals surface area contributed by atoms with Gasteiger partial charge in [-0.15, -0.1) is 0 Å². The summed E-state index contributed by atoms with van der Waals surface area (Å²) in [5.74, 6) is -2.35. The van der Waals surface area contributed by atoms with Crippen molar-refractivity contribution in [2.45, 2.75) is 44.7 Å². The molecular weight excluding hydrogens is 342 g/mol. The standard InChI is InChI=1S/C15H23N3O4.C2H4O2/c16-8-2-1-3-12(17)14(20)18-13(15(21)22)9-10-4-6-11(19)7-5-10;1-2(3)4/h4-7,12-13,19H,1-3,8-9,16-17H2,(H,18,20)(H,21,22);1H3,(H,3,4)/t12?,13-;/m0./s1. The smallest absolute Gasteiger partial charge is 0.326 e. The molecule has 0 aliphatic carbocycles. The summed E-state index contributed by atoms with van der Waals surface area (Å²) in [6, 6.07) is 4.35. The molecule has 146 valence electrons. The Morgan fingerprint density at radius 2 is 1.65 bits per heavy atom. The second-order valence-electron chi connectivity index (χ2n) is 5.68. The van der Waals surface area contributed by atoms with Gasteiger partial charge in [-0.05, 0) is 37.1 Å². The highest BCUT2D eigenvalue weighted by Gasteiger charge is 2.23. The summed E-state index contributed by atoms with van der Waals surface area (Å²) in [6.45, 7) is 1.62. The quantitative estimate of drug-likeness (QED) is 0.331. The zero-order valence-electron chi connectivity index (χ0n) is 14.7. The molecule has 8 N–H and O–H groups in total. The SMILES string of the molecule is CC(=O)O.NCCCCC(N)C(=O)N[C@@H](Cc1ccc(O)cc1)C(=O)O. The number of nitrogens with one attached hydrogen (secondary N) is 1. The minimum atomic E-state index is -1.13. The summed E-state index contributed by atoms with van der Waals surface area (Å²) < 4.78 is 0. The predicted molar refractivity (Wildman–Crippen MR) is 95.6 cm³/mol. The molecule has 0 aromatic heterocycles. The number of rotatable bonds is 9. The highest BCUT2D eigenvalue weighted by atomic mass is 16.4. The van der Waals surface area contributed by atoms with E-state index in [1.807, 2.05) is 0 Å². The third-order valence-corrected chi connectivity index (χ3v) is 3.30. The van der Waals surface area contributed by atoms with Crippen molar-refractivity contribution in [1.29, 1.82) is 0 Å². The molecule has 0 aliphatic heterocycles. The molecule has 0 spiro atoms. The molecule has 0 saturated heterocycles. The number of nitrogens with two attached hydrogens (primary N) is 2. The molecule has 0 fully saturated rings. The van der Waals surface area contributed by atoms with E-state index >= 15 is 0 Å². The van der Waals surface area contributed by atoms with Crippen LogP contribution in [-0.2, 0) is 20.8 Å². The lowest BCUT2D eigenvalue weighted by molar-refractivity contribution is -0.142.